The molecule has 0 aliphatic carbocycles. The molecule has 1 aliphatic heterocycles. The van der Waals surface area contributed by atoms with Crippen molar-refractivity contribution in [3.05, 3.63) is 30.3 Å². The van der Waals surface area contributed by atoms with Crippen LogP contribution >= 0.6 is 11.8 Å². The lowest BCUT2D eigenvalue weighted by Crippen LogP contribution is -2.29. The molecule has 2 amide bonds. The number of hydrogen-bond acceptors (Lipinski definition) is 4. The molecule has 0 saturated carbocycles. The van der Waals surface area contributed by atoms with Crippen molar-refractivity contribution in [2.24, 2.45) is 0 Å². The molecule has 1 heterocycles. The Hall–Kier alpha value is -1.49. The van der Waals surface area contributed by atoms with Gasteiger partial charge in [0.15, 0.2) is 5.37 Å². The van der Waals surface area contributed by atoms with E-state index in [4.69, 9.17) is 0 Å². The van der Waals surface area contributed by atoms with Gasteiger partial charge >= 0.3 is 0 Å². The maximum Gasteiger partial charge on any atom is 0.288 e. The van der Waals surface area contributed by atoms with Gasteiger partial charge in [0.05, 0.1) is 0 Å². The number of anilines is 1. The second-order valence-electron chi connectivity index (χ2n) is 2.78. The summed E-state index contributed by atoms with van der Waals surface area (Å²) in [5.74, 6) is -0.288. The molecule has 1 saturated heterocycles. The highest BCUT2D eigenvalue weighted by molar-refractivity contribution is 8.15. The van der Waals surface area contributed by atoms with Gasteiger partial charge in [-0.2, -0.15) is 0 Å². The largest absolute Gasteiger partial charge is 0.365 e. The Balaban J connectivity index is 2.05. The molecule has 2 rings (SSSR count). The molecule has 4 nitrogen and oxygen atoms in total. The average Bonchev–Trinajstić information content (AvgIpc) is 2.47. The van der Waals surface area contributed by atoms with E-state index in [0.29, 0.717) is 0 Å². The van der Waals surface area contributed by atoms with E-state index in [0.717, 1.165) is 17.4 Å². The second kappa shape index (κ2) is 3.71. The zero-order valence-electron chi connectivity index (χ0n) is 7.19. The van der Waals surface area contributed by atoms with Gasteiger partial charge in [-0.25, -0.2) is 0 Å². The number of nitrogens with one attached hydrogen (secondary N) is 2. The van der Waals surface area contributed by atoms with Gasteiger partial charge in [-0.05, 0) is 23.9 Å². The minimum absolute atomic E-state index is 0.288. The molecule has 5 heteroatoms. The first-order valence-electron chi connectivity index (χ1n) is 4.09. The van der Waals surface area contributed by atoms with Crippen LogP contribution in [0.1, 0.15) is 0 Å². The summed E-state index contributed by atoms with van der Waals surface area (Å²) >= 11 is 0.958. The van der Waals surface area contributed by atoms with E-state index < -0.39 is 5.37 Å². The molecule has 1 atom stereocenters. The Kier molecular flexibility index (Phi) is 2.41. The van der Waals surface area contributed by atoms with Gasteiger partial charge in [-0.1, -0.05) is 18.2 Å². The maximum atomic E-state index is 11.2. The van der Waals surface area contributed by atoms with E-state index >= 15 is 0 Å². The molecule has 2 N–H and O–H groups in total. The van der Waals surface area contributed by atoms with Crippen LogP contribution in [0.15, 0.2) is 30.3 Å². The van der Waals surface area contributed by atoms with Gasteiger partial charge in [0.25, 0.3) is 11.1 Å². The molecule has 1 fully saturated rings. The van der Waals surface area contributed by atoms with E-state index in [2.05, 4.69) is 10.6 Å². The smallest absolute Gasteiger partial charge is 0.288 e. The van der Waals surface area contributed by atoms with Gasteiger partial charge < -0.3 is 5.32 Å². The zero-order valence-corrected chi connectivity index (χ0v) is 8.01. The van der Waals surface area contributed by atoms with Crippen LogP contribution in [-0.4, -0.2) is 16.5 Å². The van der Waals surface area contributed by atoms with Crippen molar-refractivity contribution >= 4 is 28.6 Å². The lowest BCUT2D eigenvalue weighted by Gasteiger charge is -2.08. The molecule has 0 unspecified atom stereocenters. The quantitative estimate of drug-likeness (QED) is 0.771. The van der Waals surface area contributed by atoms with E-state index in [9.17, 15) is 9.59 Å². The molecular weight excluding hydrogens is 200 g/mol. The Morgan fingerprint density at radius 1 is 1.21 bits per heavy atom. The maximum absolute atomic E-state index is 11.2. The SMILES string of the molecule is O=C1NC(=O)[C@@H](Nc2ccccc2)S1. The lowest BCUT2D eigenvalue weighted by atomic mass is 10.3. The number of carbonyl (C=O) groups is 2. The fraction of sp³-hybridized carbons (Fsp3) is 0.111. The van der Waals surface area contributed by atoms with Crippen molar-refractivity contribution in [2.45, 2.75) is 5.37 Å². The molecule has 0 aromatic heterocycles. The van der Waals surface area contributed by atoms with Gasteiger partial charge in [-0.3, -0.25) is 14.9 Å². The summed E-state index contributed by atoms with van der Waals surface area (Å²) in [5.41, 5.74) is 0.829. The Labute approximate surface area is 85.1 Å². The normalized spacial score (nSPS) is 20.7. The molecule has 1 aromatic rings. The van der Waals surface area contributed by atoms with Crippen LogP contribution in [0.5, 0.6) is 0 Å². The first kappa shape index (κ1) is 9.08. The summed E-state index contributed by atoms with van der Waals surface area (Å²) in [7, 11) is 0. The van der Waals surface area contributed by atoms with Crippen LogP contribution in [0.3, 0.4) is 0 Å². The highest BCUT2D eigenvalue weighted by Gasteiger charge is 2.31. The minimum atomic E-state index is -0.509. The number of imide groups is 1. The number of amides is 2. The van der Waals surface area contributed by atoms with Gasteiger partial charge in [0.2, 0.25) is 0 Å². The number of para-hydroxylation sites is 1. The third-order valence-electron chi connectivity index (χ3n) is 1.76. The van der Waals surface area contributed by atoms with E-state index in [1.54, 1.807) is 0 Å². The fourth-order valence-corrected chi connectivity index (χ4v) is 1.87. The Morgan fingerprint density at radius 2 is 1.93 bits per heavy atom. The summed E-state index contributed by atoms with van der Waals surface area (Å²) in [4.78, 5) is 22.0. The third-order valence-corrected chi connectivity index (χ3v) is 2.64. The van der Waals surface area contributed by atoms with Crippen molar-refractivity contribution in [3.8, 4) is 0 Å². The monoisotopic (exact) mass is 208 g/mol. The molecule has 0 radical (unpaired) electrons. The van der Waals surface area contributed by atoms with Crippen LogP contribution in [0.4, 0.5) is 10.5 Å². The molecule has 0 spiro atoms. The summed E-state index contributed by atoms with van der Waals surface area (Å²) < 4.78 is 0. The van der Waals surface area contributed by atoms with Gasteiger partial charge in [0.1, 0.15) is 0 Å². The first-order chi connectivity index (χ1) is 6.75. The van der Waals surface area contributed by atoms with Crippen molar-refractivity contribution in [2.75, 3.05) is 5.32 Å². The number of carbonyl (C=O) groups excluding carboxylic acids is 2. The number of hydrogen-bond donors (Lipinski definition) is 2. The topological polar surface area (TPSA) is 58.2 Å². The summed E-state index contributed by atoms with van der Waals surface area (Å²) in [6, 6.07) is 9.30. The number of thioether (sulfide) groups is 1. The van der Waals surface area contributed by atoms with Crippen molar-refractivity contribution in [3.63, 3.8) is 0 Å². The number of benzene rings is 1. The predicted octanol–water partition coefficient (Wildman–Crippen LogP) is 1.41. The lowest BCUT2D eigenvalue weighted by molar-refractivity contribution is -0.118. The molecule has 1 aromatic carbocycles. The van der Waals surface area contributed by atoms with Crippen LogP contribution in [0.2, 0.25) is 0 Å². The van der Waals surface area contributed by atoms with E-state index in [1.165, 1.54) is 0 Å². The Morgan fingerprint density at radius 3 is 2.50 bits per heavy atom. The van der Waals surface area contributed by atoms with Crippen LogP contribution < -0.4 is 10.6 Å². The molecule has 14 heavy (non-hydrogen) atoms. The zero-order chi connectivity index (χ0) is 9.97. The van der Waals surface area contributed by atoms with Crippen molar-refractivity contribution in [1.29, 1.82) is 0 Å². The number of rotatable bonds is 2. The molecule has 1 aliphatic rings. The van der Waals surface area contributed by atoms with Gasteiger partial charge in [0, 0.05) is 5.69 Å². The minimum Gasteiger partial charge on any atom is -0.365 e. The summed E-state index contributed by atoms with van der Waals surface area (Å²) in [6.45, 7) is 0. The standard InChI is InChI=1S/C9H8N2O2S/c12-7-8(14-9(13)11-7)10-6-4-2-1-3-5-6/h1-5,8,10H,(H,11,12,13)/t8-/m0/s1. The molecular formula is C9H8N2O2S. The highest BCUT2D eigenvalue weighted by atomic mass is 32.2. The molecule has 72 valence electrons. The fourth-order valence-electron chi connectivity index (χ4n) is 1.14. The third kappa shape index (κ3) is 1.88. The Bertz CT molecular complexity index is 366. The molecule has 0 bridgehead atoms. The van der Waals surface area contributed by atoms with E-state index in [-0.39, 0.29) is 11.1 Å². The van der Waals surface area contributed by atoms with Crippen LogP contribution in [-0.2, 0) is 4.79 Å². The highest BCUT2D eigenvalue weighted by Crippen LogP contribution is 2.20. The van der Waals surface area contributed by atoms with Crippen molar-refractivity contribution < 1.29 is 9.59 Å². The summed E-state index contributed by atoms with van der Waals surface area (Å²) in [5, 5.41) is 4.35. The average molecular weight is 208 g/mol. The van der Waals surface area contributed by atoms with Crippen molar-refractivity contribution in [1.82, 2.24) is 5.32 Å². The van der Waals surface area contributed by atoms with Gasteiger partial charge in [-0.15, -0.1) is 0 Å². The second-order valence-corrected chi connectivity index (χ2v) is 3.86. The van der Waals surface area contributed by atoms with Crippen LogP contribution in [0.25, 0.3) is 0 Å². The summed E-state index contributed by atoms with van der Waals surface area (Å²) in [6.07, 6.45) is 0. The first-order valence-corrected chi connectivity index (χ1v) is 4.97. The van der Waals surface area contributed by atoms with Crippen LogP contribution in [0, 0.1) is 0 Å². The van der Waals surface area contributed by atoms with E-state index in [1.807, 2.05) is 30.3 Å². The predicted molar refractivity (Wildman–Crippen MR) is 55.0 cm³/mol.